The topological polar surface area (TPSA) is 12.0 Å². The van der Waals surface area contributed by atoms with Gasteiger partial charge in [-0.2, -0.15) is 0 Å². The minimum Gasteiger partial charge on any atom is -0.332 e. The van der Waals surface area contributed by atoms with Gasteiger partial charge in [0.25, 0.3) is 0 Å². The van der Waals surface area contributed by atoms with E-state index in [1.807, 2.05) is 0 Å². The molecule has 0 radical (unpaired) electrons. The molecule has 158 valence electrons. The van der Waals surface area contributed by atoms with Crippen molar-refractivity contribution in [3.8, 4) is 0 Å². The van der Waals surface area contributed by atoms with Crippen LogP contribution in [0.25, 0.3) is 0 Å². The molecule has 4 aliphatic carbocycles. The van der Waals surface area contributed by atoms with E-state index in [0.717, 1.165) is 41.0 Å². The highest BCUT2D eigenvalue weighted by molar-refractivity contribution is 6.76. The minimum atomic E-state index is -1.43. The molecule has 6 atom stereocenters. The summed E-state index contributed by atoms with van der Waals surface area (Å²) in [6.45, 7) is 16.6. The summed E-state index contributed by atoms with van der Waals surface area (Å²) in [5, 5.41) is 0. The first-order valence-electron chi connectivity index (χ1n) is 12.4. The summed E-state index contributed by atoms with van der Waals surface area (Å²) in [5.41, 5.74) is 6.48. The van der Waals surface area contributed by atoms with Crippen LogP contribution in [-0.4, -0.2) is 13.8 Å². The van der Waals surface area contributed by atoms with Crippen molar-refractivity contribution >= 4 is 8.24 Å². The summed E-state index contributed by atoms with van der Waals surface area (Å²) >= 11 is 0. The maximum atomic E-state index is 4.23. The second kappa shape index (κ2) is 7.75. The molecular formula is C26H45NSi. The summed E-state index contributed by atoms with van der Waals surface area (Å²) in [7, 11) is -1.43. The van der Waals surface area contributed by atoms with Gasteiger partial charge in [0.2, 0.25) is 0 Å². The fraction of sp³-hybridized carbons (Fsp3) is 0.885. The summed E-state index contributed by atoms with van der Waals surface area (Å²) in [4.78, 5) is 4.14. The van der Waals surface area contributed by atoms with Gasteiger partial charge in [0.1, 0.15) is 8.24 Å². The van der Waals surface area contributed by atoms with Gasteiger partial charge in [-0.05, 0) is 106 Å². The van der Waals surface area contributed by atoms with Gasteiger partial charge < -0.3 is 4.98 Å². The average Bonchev–Trinajstić information content (AvgIpc) is 3.03. The van der Waals surface area contributed by atoms with Crippen molar-refractivity contribution in [2.24, 2.45) is 35.5 Å². The van der Waals surface area contributed by atoms with Crippen molar-refractivity contribution in [1.82, 2.24) is 4.98 Å². The third kappa shape index (κ3) is 3.86. The lowest BCUT2D eigenvalue weighted by molar-refractivity contribution is 0.126. The Morgan fingerprint density at radius 1 is 0.821 bits per heavy atom. The Morgan fingerprint density at radius 2 is 1.29 bits per heavy atom. The van der Waals surface area contributed by atoms with Crippen LogP contribution in [0.1, 0.15) is 85.0 Å². The Labute approximate surface area is 175 Å². The van der Waals surface area contributed by atoms with Crippen molar-refractivity contribution in [1.29, 1.82) is 0 Å². The van der Waals surface area contributed by atoms with Gasteiger partial charge in [-0.15, -0.1) is 5.73 Å². The molecule has 0 bridgehead atoms. The van der Waals surface area contributed by atoms with Crippen molar-refractivity contribution in [2.75, 3.05) is 0 Å². The standard InChI is InChI=1S/C26H45NSi/c1-7-19-20-12-8-10-14-22(20)24-16-18(28(5,6)27-26(2,3)4)17-25(24)23-15-11-9-13-21(19)23/h18,20-25,27H,1,8-17H2,2-6H3. The smallest absolute Gasteiger partial charge is 0.122 e. The van der Waals surface area contributed by atoms with Gasteiger partial charge >= 0.3 is 0 Å². The fourth-order valence-electron chi connectivity index (χ4n) is 8.40. The summed E-state index contributed by atoms with van der Waals surface area (Å²) in [6.07, 6.45) is 14.7. The Morgan fingerprint density at radius 3 is 1.71 bits per heavy atom. The second-order valence-corrected chi connectivity index (χ2v) is 16.8. The first kappa shape index (κ1) is 20.9. The lowest BCUT2D eigenvalue weighted by Crippen LogP contribution is -2.56. The third-order valence-electron chi connectivity index (χ3n) is 9.12. The Kier molecular flexibility index (Phi) is 5.80. The van der Waals surface area contributed by atoms with Crippen molar-refractivity contribution in [2.45, 2.75) is 109 Å². The SMILES string of the molecule is C=C=C1C2CCCCC2C2CC([Si](C)(C)NC(C)(C)C)CC2C2CCCCC12. The second-order valence-electron chi connectivity index (χ2n) is 12.3. The van der Waals surface area contributed by atoms with Gasteiger partial charge in [0.15, 0.2) is 0 Å². The van der Waals surface area contributed by atoms with Crippen LogP contribution >= 0.6 is 0 Å². The molecular weight excluding hydrogens is 354 g/mol. The summed E-state index contributed by atoms with van der Waals surface area (Å²) in [5.74, 6) is 5.51. The summed E-state index contributed by atoms with van der Waals surface area (Å²) in [6, 6.07) is 0. The molecule has 0 saturated heterocycles. The maximum absolute atomic E-state index is 4.23. The zero-order valence-corrected chi connectivity index (χ0v) is 20.3. The van der Waals surface area contributed by atoms with Gasteiger partial charge in [-0.1, -0.05) is 45.4 Å². The zero-order valence-electron chi connectivity index (χ0n) is 19.3. The van der Waals surface area contributed by atoms with E-state index >= 15 is 0 Å². The van der Waals surface area contributed by atoms with E-state index in [4.69, 9.17) is 0 Å². The zero-order chi connectivity index (χ0) is 20.1. The van der Waals surface area contributed by atoms with Gasteiger partial charge in [-0.25, -0.2) is 0 Å². The number of allylic oxidation sites excluding steroid dienone is 1. The predicted molar refractivity (Wildman–Crippen MR) is 124 cm³/mol. The quantitative estimate of drug-likeness (QED) is 0.379. The highest BCUT2D eigenvalue weighted by Gasteiger charge is 2.54. The van der Waals surface area contributed by atoms with E-state index < -0.39 is 8.24 Å². The minimum absolute atomic E-state index is 0.250. The maximum Gasteiger partial charge on any atom is 0.122 e. The Balaban J connectivity index is 1.66. The largest absolute Gasteiger partial charge is 0.332 e. The number of hydrogen-bond acceptors (Lipinski definition) is 1. The molecule has 4 rings (SSSR count). The molecule has 4 fully saturated rings. The molecule has 28 heavy (non-hydrogen) atoms. The number of fused-ring (bicyclic) bond motifs is 5. The molecule has 2 heteroatoms. The molecule has 4 saturated carbocycles. The molecule has 0 spiro atoms. The highest BCUT2D eigenvalue weighted by Crippen LogP contribution is 2.62. The van der Waals surface area contributed by atoms with E-state index in [0.29, 0.717) is 0 Å². The molecule has 0 aromatic rings. The number of nitrogens with one attached hydrogen (secondary N) is 1. The van der Waals surface area contributed by atoms with Crippen LogP contribution in [0.4, 0.5) is 0 Å². The Hall–Kier alpha value is -0.303. The highest BCUT2D eigenvalue weighted by atomic mass is 28.3. The molecule has 1 nitrogen and oxygen atoms in total. The van der Waals surface area contributed by atoms with Gasteiger partial charge in [0, 0.05) is 5.54 Å². The van der Waals surface area contributed by atoms with Crippen LogP contribution in [0.15, 0.2) is 17.9 Å². The van der Waals surface area contributed by atoms with Crippen LogP contribution in [0.5, 0.6) is 0 Å². The van der Waals surface area contributed by atoms with Crippen LogP contribution in [0.3, 0.4) is 0 Å². The van der Waals surface area contributed by atoms with Crippen molar-refractivity contribution in [3.63, 3.8) is 0 Å². The van der Waals surface area contributed by atoms with E-state index in [-0.39, 0.29) is 5.54 Å². The lowest BCUT2D eigenvalue weighted by Gasteiger charge is -2.40. The van der Waals surface area contributed by atoms with Crippen LogP contribution < -0.4 is 4.98 Å². The molecule has 0 aliphatic heterocycles. The van der Waals surface area contributed by atoms with Crippen LogP contribution in [0, 0.1) is 35.5 Å². The molecule has 1 N–H and O–H groups in total. The monoisotopic (exact) mass is 399 g/mol. The third-order valence-corrected chi connectivity index (χ3v) is 13.0. The van der Waals surface area contributed by atoms with E-state index in [2.05, 4.69) is 51.2 Å². The summed E-state index contributed by atoms with van der Waals surface area (Å²) < 4.78 is 0. The molecule has 0 aromatic heterocycles. The molecule has 0 heterocycles. The first-order chi connectivity index (χ1) is 13.2. The Bertz CT molecular complexity index is 589. The fourth-order valence-corrected chi connectivity index (χ4v) is 12.3. The van der Waals surface area contributed by atoms with Crippen LogP contribution in [-0.2, 0) is 0 Å². The van der Waals surface area contributed by atoms with E-state index in [1.54, 1.807) is 5.57 Å². The molecule has 6 unspecified atom stereocenters. The van der Waals surface area contributed by atoms with E-state index in [9.17, 15) is 0 Å². The predicted octanol–water partition coefficient (Wildman–Crippen LogP) is 7.31. The number of hydrogen-bond donors (Lipinski definition) is 1. The van der Waals surface area contributed by atoms with Crippen molar-refractivity contribution in [3.05, 3.63) is 17.9 Å². The van der Waals surface area contributed by atoms with E-state index in [1.165, 1.54) is 64.2 Å². The number of rotatable bonds is 2. The molecule has 4 aliphatic rings. The normalized spacial score (nSPS) is 41.5. The molecule has 0 aromatic carbocycles. The van der Waals surface area contributed by atoms with Gasteiger partial charge in [0.05, 0.1) is 0 Å². The van der Waals surface area contributed by atoms with Gasteiger partial charge in [-0.3, -0.25) is 0 Å². The van der Waals surface area contributed by atoms with Crippen LogP contribution in [0.2, 0.25) is 18.6 Å². The van der Waals surface area contributed by atoms with Crippen molar-refractivity contribution < 1.29 is 0 Å². The lowest BCUT2D eigenvalue weighted by atomic mass is 9.68. The first-order valence-corrected chi connectivity index (χ1v) is 15.5. The average molecular weight is 400 g/mol. The molecule has 0 amide bonds.